The smallest absolute Gasteiger partial charge is 0.264 e. The van der Waals surface area contributed by atoms with Gasteiger partial charge in [0.25, 0.3) is 10.0 Å². The molecule has 0 aliphatic carbocycles. The van der Waals surface area contributed by atoms with Crippen LogP contribution in [0.25, 0.3) is 0 Å². The van der Waals surface area contributed by atoms with E-state index in [2.05, 4.69) is 5.32 Å². The van der Waals surface area contributed by atoms with Crippen LogP contribution in [-0.2, 0) is 14.8 Å². The molecular formula is C27H19Cl3N2O4S. The lowest BCUT2D eigenvalue weighted by Crippen LogP contribution is -2.38. The molecule has 0 saturated carbocycles. The highest BCUT2D eigenvalue weighted by atomic mass is 35.5. The van der Waals surface area contributed by atoms with Crippen molar-refractivity contribution in [1.82, 2.24) is 0 Å². The average Bonchev–Trinajstić information content (AvgIpc) is 2.90. The molecule has 4 rings (SSSR count). The van der Waals surface area contributed by atoms with Crippen LogP contribution in [-0.4, -0.2) is 26.7 Å². The molecule has 0 aliphatic rings. The molecule has 1 amide bonds. The standard InChI is InChI=1S/C27H19Cl3N2O4S/c28-19-12-14-24(22(15-19)27(34)18-7-3-1-4-8-18)31-26(33)17-32(25-16-20(29)11-13-23(25)30)37(35,36)21-9-5-2-6-10-21/h1-16H,17H2,(H,31,33). The molecule has 4 aromatic carbocycles. The minimum absolute atomic E-state index is 0.0323. The van der Waals surface area contributed by atoms with Gasteiger partial charge in [-0.1, -0.05) is 83.3 Å². The first kappa shape index (κ1) is 26.7. The predicted molar refractivity (Wildman–Crippen MR) is 147 cm³/mol. The largest absolute Gasteiger partial charge is 0.324 e. The van der Waals surface area contributed by atoms with Crippen molar-refractivity contribution >= 4 is 67.9 Å². The number of anilines is 2. The number of nitrogens with one attached hydrogen (secondary N) is 1. The number of hydrogen-bond donors (Lipinski definition) is 1. The highest BCUT2D eigenvalue weighted by Gasteiger charge is 2.29. The number of hydrogen-bond acceptors (Lipinski definition) is 4. The van der Waals surface area contributed by atoms with E-state index in [4.69, 9.17) is 34.8 Å². The third-order valence-corrected chi connectivity index (χ3v) is 7.90. The minimum atomic E-state index is -4.22. The van der Waals surface area contributed by atoms with Crippen molar-refractivity contribution in [2.24, 2.45) is 0 Å². The van der Waals surface area contributed by atoms with Gasteiger partial charge in [-0.05, 0) is 48.5 Å². The van der Waals surface area contributed by atoms with Gasteiger partial charge in [0.1, 0.15) is 6.54 Å². The molecule has 4 aromatic rings. The van der Waals surface area contributed by atoms with Crippen LogP contribution in [0.1, 0.15) is 15.9 Å². The first-order valence-electron chi connectivity index (χ1n) is 10.9. The Labute approximate surface area is 229 Å². The maximum atomic E-state index is 13.6. The molecule has 0 fully saturated rings. The molecule has 1 N–H and O–H groups in total. The fourth-order valence-electron chi connectivity index (χ4n) is 3.57. The summed E-state index contributed by atoms with van der Waals surface area (Å²) in [4.78, 5) is 26.3. The molecule has 0 radical (unpaired) electrons. The molecule has 37 heavy (non-hydrogen) atoms. The van der Waals surface area contributed by atoms with Crippen LogP contribution in [0.2, 0.25) is 15.1 Å². The molecule has 188 valence electrons. The predicted octanol–water partition coefficient (Wildman–Crippen LogP) is 6.71. The Balaban J connectivity index is 1.70. The summed E-state index contributed by atoms with van der Waals surface area (Å²) < 4.78 is 28.0. The molecular weight excluding hydrogens is 555 g/mol. The Morgan fingerprint density at radius 2 is 1.35 bits per heavy atom. The molecule has 0 bridgehead atoms. The number of benzene rings is 4. The first-order valence-corrected chi connectivity index (χ1v) is 13.5. The lowest BCUT2D eigenvalue weighted by molar-refractivity contribution is -0.114. The molecule has 6 nitrogen and oxygen atoms in total. The van der Waals surface area contributed by atoms with E-state index >= 15 is 0 Å². The van der Waals surface area contributed by atoms with Crippen LogP contribution in [0.4, 0.5) is 11.4 Å². The van der Waals surface area contributed by atoms with Crippen molar-refractivity contribution in [1.29, 1.82) is 0 Å². The van der Waals surface area contributed by atoms with E-state index in [0.717, 1.165) is 4.31 Å². The third kappa shape index (κ3) is 6.14. The Morgan fingerprint density at radius 3 is 2.03 bits per heavy atom. The highest BCUT2D eigenvalue weighted by molar-refractivity contribution is 7.92. The number of rotatable bonds is 8. The van der Waals surface area contributed by atoms with Crippen molar-refractivity contribution < 1.29 is 18.0 Å². The summed E-state index contributed by atoms with van der Waals surface area (Å²) in [6, 6.07) is 24.9. The quantitative estimate of drug-likeness (QED) is 0.237. The summed E-state index contributed by atoms with van der Waals surface area (Å²) >= 11 is 18.6. The van der Waals surface area contributed by atoms with E-state index < -0.39 is 22.5 Å². The number of amides is 1. The first-order chi connectivity index (χ1) is 17.7. The number of ketones is 1. The molecule has 10 heteroatoms. The summed E-state index contributed by atoms with van der Waals surface area (Å²) in [6.45, 7) is -0.640. The normalized spacial score (nSPS) is 11.1. The van der Waals surface area contributed by atoms with Gasteiger partial charge in [0.2, 0.25) is 5.91 Å². The fourth-order valence-corrected chi connectivity index (χ4v) is 5.64. The van der Waals surface area contributed by atoms with E-state index in [0.29, 0.717) is 10.6 Å². The number of carbonyl (C=O) groups is 2. The molecule has 0 atom stereocenters. The highest BCUT2D eigenvalue weighted by Crippen LogP contribution is 2.33. The molecule has 0 spiro atoms. The summed E-state index contributed by atoms with van der Waals surface area (Å²) in [5.41, 5.74) is 0.770. The molecule has 0 unspecified atom stereocenters. The zero-order valence-electron chi connectivity index (χ0n) is 19.1. The van der Waals surface area contributed by atoms with Gasteiger partial charge in [-0.2, -0.15) is 0 Å². The van der Waals surface area contributed by atoms with Crippen LogP contribution in [0, 0.1) is 0 Å². The Kier molecular flexibility index (Phi) is 8.19. The van der Waals surface area contributed by atoms with Crippen molar-refractivity contribution in [2.75, 3.05) is 16.2 Å². The number of nitrogens with zero attached hydrogens (tertiary/aromatic N) is 1. The van der Waals surface area contributed by atoms with E-state index in [1.807, 2.05) is 0 Å². The van der Waals surface area contributed by atoms with Crippen LogP contribution >= 0.6 is 34.8 Å². The zero-order valence-corrected chi connectivity index (χ0v) is 22.2. The van der Waals surface area contributed by atoms with Gasteiger partial charge in [0.05, 0.1) is 21.3 Å². The maximum Gasteiger partial charge on any atom is 0.264 e. The van der Waals surface area contributed by atoms with Crippen molar-refractivity contribution in [3.8, 4) is 0 Å². The molecule has 0 aliphatic heterocycles. The Morgan fingerprint density at radius 1 is 0.757 bits per heavy atom. The van der Waals surface area contributed by atoms with E-state index in [1.165, 1.54) is 48.5 Å². The average molecular weight is 574 g/mol. The summed E-state index contributed by atoms with van der Waals surface area (Å²) in [5, 5.41) is 3.27. The second-order valence-electron chi connectivity index (χ2n) is 7.85. The van der Waals surface area contributed by atoms with E-state index in [1.54, 1.807) is 48.5 Å². The SMILES string of the molecule is O=C(CN(c1cc(Cl)ccc1Cl)S(=O)(=O)c1ccccc1)Nc1ccc(Cl)cc1C(=O)c1ccccc1. The topological polar surface area (TPSA) is 83.6 Å². The number of sulfonamides is 1. The minimum Gasteiger partial charge on any atom is -0.324 e. The van der Waals surface area contributed by atoms with Gasteiger partial charge >= 0.3 is 0 Å². The second-order valence-corrected chi connectivity index (χ2v) is 11.0. The van der Waals surface area contributed by atoms with Gasteiger partial charge in [-0.25, -0.2) is 8.42 Å². The number of halogens is 3. The van der Waals surface area contributed by atoms with Crippen LogP contribution in [0.15, 0.2) is 102 Å². The van der Waals surface area contributed by atoms with Gasteiger partial charge in [-0.15, -0.1) is 0 Å². The lowest BCUT2D eigenvalue weighted by Gasteiger charge is -2.25. The van der Waals surface area contributed by atoms with Crippen molar-refractivity contribution in [3.05, 3.63) is 123 Å². The molecule has 0 heterocycles. The summed E-state index contributed by atoms with van der Waals surface area (Å²) in [5.74, 6) is -1.06. The third-order valence-electron chi connectivity index (χ3n) is 5.33. The van der Waals surface area contributed by atoms with Crippen LogP contribution < -0.4 is 9.62 Å². The second kappa shape index (κ2) is 11.4. The van der Waals surface area contributed by atoms with E-state index in [-0.39, 0.29) is 37.7 Å². The van der Waals surface area contributed by atoms with Crippen LogP contribution in [0.3, 0.4) is 0 Å². The zero-order chi connectivity index (χ0) is 26.6. The monoisotopic (exact) mass is 572 g/mol. The summed E-state index contributed by atoms with van der Waals surface area (Å²) in [7, 11) is -4.22. The van der Waals surface area contributed by atoms with Gasteiger partial charge in [0.15, 0.2) is 5.78 Å². The molecule has 0 aromatic heterocycles. The van der Waals surface area contributed by atoms with Crippen molar-refractivity contribution in [2.45, 2.75) is 4.90 Å². The van der Waals surface area contributed by atoms with Crippen molar-refractivity contribution in [3.63, 3.8) is 0 Å². The fraction of sp³-hybridized carbons (Fsp3) is 0.0370. The van der Waals surface area contributed by atoms with Crippen LogP contribution in [0.5, 0.6) is 0 Å². The van der Waals surface area contributed by atoms with Gasteiger partial charge in [0, 0.05) is 21.2 Å². The van der Waals surface area contributed by atoms with E-state index in [9.17, 15) is 18.0 Å². The lowest BCUT2D eigenvalue weighted by atomic mass is 10.0. The molecule has 0 saturated heterocycles. The maximum absolute atomic E-state index is 13.6. The Bertz CT molecular complexity index is 1560. The Hall–Kier alpha value is -3.36. The summed E-state index contributed by atoms with van der Waals surface area (Å²) in [6.07, 6.45) is 0. The van der Waals surface area contributed by atoms with Gasteiger partial charge < -0.3 is 5.32 Å². The van der Waals surface area contributed by atoms with Gasteiger partial charge in [-0.3, -0.25) is 13.9 Å². The number of carbonyl (C=O) groups excluding carboxylic acids is 2.